The quantitative estimate of drug-likeness (QED) is 0.549. The molecule has 18 heavy (non-hydrogen) atoms. The van der Waals surface area contributed by atoms with Gasteiger partial charge in [0.25, 0.3) is 0 Å². The van der Waals surface area contributed by atoms with E-state index in [1.807, 2.05) is 0 Å². The minimum absolute atomic E-state index is 0.532. The van der Waals surface area contributed by atoms with Crippen molar-refractivity contribution in [2.75, 3.05) is 0 Å². The normalized spacial score (nSPS) is 26.5. The Labute approximate surface area is 115 Å². The molecule has 0 aromatic carbocycles. The van der Waals surface area contributed by atoms with E-state index < -0.39 is 0 Å². The van der Waals surface area contributed by atoms with Crippen LogP contribution in [-0.2, 0) is 4.74 Å². The molecule has 0 aliphatic heterocycles. The summed E-state index contributed by atoms with van der Waals surface area (Å²) in [4.78, 5) is 0. The molecule has 0 radical (unpaired) electrons. The van der Waals surface area contributed by atoms with Crippen molar-refractivity contribution in [3.63, 3.8) is 0 Å². The maximum Gasteiger partial charge on any atom is 0.0581 e. The molecule has 0 N–H and O–H groups in total. The highest BCUT2D eigenvalue weighted by Gasteiger charge is 2.22. The van der Waals surface area contributed by atoms with E-state index in [1.165, 1.54) is 57.8 Å². The van der Waals surface area contributed by atoms with Gasteiger partial charge in [-0.1, -0.05) is 59.8 Å². The van der Waals surface area contributed by atoms with Crippen molar-refractivity contribution < 1.29 is 4.74 Å². The SMILES string of the molecule is CCCC(CCCC(C)C)OC1CCCC(C)C1. The third-order valence-electron chi connectivity index (χ3n) is 4.19. The lowest BCUT2D eigenvalue weighted by molar-refractivity contribution is -0.0466. The van der Waals surface area contributed by atoms with Gasteiger partial charge in [-0.15, -0.1) is 0 Å². The van der Waals surface area contributed by atoms with Gasteiger partial charge in [-0.3, -0.25) is 0 Å². The highest BCUT2D eigenvalue weighted by Crippen LogP contribution is 2.28. The van der Waals surface area contributed by atoms with E-state index in [0.29, 0.717) is 12.2 Å². The molecule has 0 spiro atoms. The Morgan fingerprint density at radius 3 is 2.50 bits per heavy atom. The lowest BCUT2D eigenvalue weighted by Crippen LogP contribution is -2.27. The first-order chi connectivity index (χ1) is 8.61. The molecule has 1 heteroatoms. The number of hydrogen-bond acceptors (Lipinski definition) is 1. The first-order valence-electron chi connectivity index (χ1n) is 8.27. The van der Waals surface area contributed by atoms with Crippen molar-refractivity contribution >= 4 is 0 Å². The fourth-order valence-electron chi connectivity index (χ4n) is 3.13. The number of hydrogen-bond donors (Lipinski definition) is 0. The Balaban J connectivity index is 2.27. The van der Waals surface area contributed by atoms with E-state index >= 15 is 0 Å². The van der Waals surface area contributed by atoms with Crippen LogP contribution >= 0.6 is 0 Å². The van der Waals surface area contributed by atoms with Crippen LogP contribution < -0.4 is 0 Å². The van der Waals surface area contributed by atoms with Gasteiger partial charge < -0.3 is 4.74 Å². The van der Waals surface area contributed by atoms with E-state index in [-0.39, 0.29) is 0 Å². The fourth-order valence-corrected chi connectivity index (χ4v) is 3.13. The summed E-state index contributed by atoms with van der Waals surface area (Å²) in [5.74, 6) is 1.71. The van der Waals surface area contributed by atoms with Crippen molar-refractivity contribution in [3.8, 4) is 0 Å². The summed E-state index contributed by atoms with van der Waals surface area (Å²) in [5, 5.41) is 0. The smallest absolute Gasteiger partial charge is 0.0581 e. The van der Waals surface area contributed by atoms with E-state index in [1.54, 1.807) is 0 Å². The van der Waals surface area contributed by atoms with Crippen LogP contribution in [0.5, 0.6) is 0 Å². The van der Waals surface area contributed by atoms with E-state index in [2.05, 4.69) is 27.7 Å². The van der Waals surface area contributed by atoms with Gasteiger partial charge in [-0.25, -0.2) is 0 Å². The van der Waals surface area contributed by atoms with Crippen molar-refractivity contribution in [1.82, 2.24) is 0 Å². The highest BCUT2D eigenvalue weighted by molar-refractivity contribution is 4.72. The molecule has 1 fully saturated rings. The van der Waals surface area contributed by atoms with Gasteiger partial charge in [0.05, 0.1) is 12.2 Å². The summed E-state index contributed by atoms with van der Waals surface area (Å²) in [7, 11) is 0. The molecule has 1 rings (SSSR count). The Kier molecular flexibility index (Phi) is 7.97. The first kappa shape index (κ1) is 16.0. The standard InChI is InChI=1S/C17H34O/c1-5-8-16(11-6-9-14(2)3)18-17-12-7-10-15(4)13-17/h14-17H,5-13H2,1-4H3. The molecule has 0 aromatic heterocycles. The van der Waals surface area contributed by atoms with Crippen molar-refractivity contribution in [3.05, 3.63) is 0 Å². The summed E-state index contributed by atoms with van der Waals surface area (Å²) in [6.45, 7) is 9.29. The van der Waals surface area contributed by atoms with Gasteiger partial charge in [0.15, 0.2) is 0 Å². The maximum absolute atomic E-state index is 6.38. The van der Waals surface area contributed by atoms with Gasteiger partial charge in [0.1, 0.15) is 0 Å². The second-order valence-electron chi connectivity index (χ2n) is 6.77. The Bertz CT molecular complexity index is 200. The van der Waals surface area contributed by atoms with Crippen LogP contribution in [0.15, 0.2) is 0 Å². The average molecular weight is 254 g/mol. The third-order valence-corrected chi connectivity index (χ3v) is 4.19. The minimum Gasteiger partial charge on any atom is -0.375 e. The van der Waals surface area contributed by atoms with Gasteiger partial charge >= 0.3 is 0 Å². The van der Waals surface area contributed by atoms with Crippen molar-refractivity contribution in [2.45, 2.75) is 97.7 Å². The average Bonchev–Trinajstić information content (AvgIpc) is 2.28. The predicted octanol–water partition coefficient (Wildman–Crippen LogP) is 5.58. The van der Waals surface area contributed by atoms with Crippen molar-refractivity contribution in [2.24, 2.45) is 11.8 Å². The van der Waals surface area contributed by atoms with Crippen LogP contribution in [0.4, 0.5) is 0 Å². The third kappa shape index (κ3) is 6.78. The Hall–Kier alpha value is -0.0400. The van der Waals surface area contributed by atoms with Crippen LogP contribution in [0.25, 0.3) is 0 Å². The molecule has 108 valence electrons. The molecule has 0 amide bonds. The van der Waals surface area contributed by atoms with Crippen LogP contribution in [0.3, 0.4) is 0 Å². The monoisotopic (exact) mass is 254 g/mol. The molecule has 0 bridgehead atoms. The topological polar surface area (TPSA) is 9.23 Å². The number of rotatable bonds is 8. The van der Waals surface area contributed by atoms with Crippen LogP contribution in [-0.4, -0.2) is 12.2 Å². The molecule has 1 aliphatic rings. The Morgan fingerprint density at radius 2 is 1.89 bits per heavy atom. The zero-order chi connectivity index (χ0) is 13.4. The number of ether oxygens (including phenoxy) is 1. The fraction of sp³-hybridized carbons (Fsp3) is 1.00. The Morgan fingerprint density at radius 1 is 1.11 bits per heavy atom. The molecule has 0 aromatic rings. The summed E-state index contributed by atoms with van der Waals surface area (Å²) in [6.07, 6.45) is 12.9. The lowest BCUT2D eigenvalue weighted by Gasteiger charge is -2.30. The maximum atomic E-state index is 6.38. The molecule has 1 nitrogen and oxygen atoms in total. The predicted molar refractivity (Wildman–Crippen MR) is 79.9 cm³/mol. The first-order valence-corrected chi connectivity index (χ1v) is 8.27. The molecule has 3 unspecified atom stereocenters. The van der Waals surface area contributed by atoms with E-state index in [9.17, 15) is 0 Å². The summed E-state index contributed by atoms with van der Waals surface area (Å²) in [5.41, 5.74) is 0. The van der Waals surface area contributed by atoms with Gasteiger partial charge in [-0.2, -0.15) is 0 Å². The van der Waals surface area contributed by atoms with E-state index in [0.717, 1.165) is 11.8 Å². The molecule has 0 heterocycles. The van der Waals surface area contributed by atoms with Gasteiger partial charge in [-0.05, 0) is 37.5 Å². The molecule has 0 saturated heterocycles. The van der Waals surface area contributed by atoms with Crippen molar-refractivity contribution in [1.29, 1.82) is 0 Å². The van der Waals surface area contributed by atoms with Gasteiger partial charge in [0.2, 0.25) is 0 Å². The molecule has 1 saturated carbocycles. The zero-order valence-electron chi connectivity index (χ0n) is 13.1. The summed E-state index contributed by atoms with van der Waals surface area (Å²) >= 11 is 0. The lowest BCUT2D eigenvalue weighted by atomic mass is 9.88. The second-order valence-corrected chi connectivity index (χ2v) is 6.77. The van der Waals surface area contributed by atoms with Crippen LogP contribution in [0.2, 0.25) is 0 Å². The van der Waals surface area contributed by atoms with Crippen LogP contribution in [0, 0.1) is 11.8 Å². The zero-order valence-corrected chi connectivity index (χ0v) is 13.1. The van der Waals surface area contributed by atoms with Gasteiger partial charge in [0, 0.05) is 0 Å². The molecule has 1 aliphatic carbocycles. The second kappa shape index (κ2) is 8.96. The largest absolute Gasteiger partial charge is 0.375 e. The molecule has 3 atom stereocenters. The minimum atomic E-state index is 0.532. The summed E-state index contributed by atoms with van der Waals surface area (Å²) < 4.78 is 6.38. The molecular weight excluding hydrogens is 220 g/mol. The molecular formula is C17H34O. The summed E-state index contributed by atoms with van der Waals surface area (Å²) in [6, 6.07) is 0. The highest BCUT2D eigenvalue weighted by atomic mass is 16.5. The van der Waals surface area contributed by atoms with E-state index in [4.69, 9.17) is 4.74 Å². The van der Waals surface area contributed by atoms with Crippen LogP contribution in [0.1, 0.15) is 85.5 Å².